The predicted molar refractivity (Wildman–Crippen MR) is 70.2 cm³/mol. The third kappa shape index (κ3) is 7.09. The van der Waals surface area contributed by atoms with Crippen LogP contribution in [0.1, 0.15) is 46.0 Å². The highest BCUT2D eigenvalue weighted by Gasteiger charge is 2.12. The Kier molecular flexibility index (Phi) is 8.29. The van der Waals surface area contributed by atoms with Crippen molar-refractivity contribution in [3.05, 3.63) is 0 Å². The summed E-state index contributed by atoms with van der Waals surface area (Å²) in [5, 5.41) is 0. The molecule has 0 unspecified atom stereocenters. The quantitative estimate of drug-likeness (QED) is 0.487. The van der Waals surface area contributed by atoms with Crippen LogP contribution in [-0.2, 0) is 0 Å². The highest BCUT2D eigenvalue weighted by Crippen LogP contribution is 2.23. The zero-order chi connectivity index (χ0) is 12.4. The summed E-state index contributed by atoms with van der Waals surface area (Å²) in [4.78, 5) is 7.80. The van der Waals surface area contributed by atoms with Gasteiger partial charge in [-0.05, 0) is 18.8 Å². The Labute approximate surface area is 98.2 Å². The Morgan fingerprint density at radius 1 is 1.06 bits per heavy atom. The minimum atomic E-state index is -0.0325. The lowest BCUT2D eigenvalue weighted by molar-refractivity contribution is 0.367. The molecular formula is C11H25N5. The summed E-state index contributed by atoms with van der Waals surface area (Å²) >= 11 is 0. The van der Waals surface area contributed by atoms with Crippen LogP contribution in [0.2, 0.25) is 0 Å². The molecule has 0 amide bonds. The van der Waals surface area contributed by atoms with E-state index in [9.17, 15) is 0 Å². The highest BCUT2D eigenvalue weighted by molar-refractivity contribution is 5.92. The number of nitrogens with two attached hydrogens (primary N) is 3. The second-order valence-corrected chi connectivity index (χ2v) is 3.74. The lowest BCUT2D eigenvalue weighted by atomic mass is 9.89. The van der Waals surface area contributed by atoms with Crippen molar-refractivity contribution in [1.29, 1.82) is 0 Å². The molecule has 1 aliphatic rings. The van der Waals surface area contributed by atoms with Crippen molar-refractivity contribution in [3.8, 4) is 0 Å². The minimum Gasteiger partial charge on any atom is -0.370 e. The molecule has 0 heterocycles. The first-order valence-corrected chi connectivity index (χ1v) is 6.08. The second kappa shape index (κ2) is 9.00. The Bertz CT molecular complexity index is 225. The largest absolute Gasteiger partial charge is 0.370 e. The van der Waals surface area contributed by atoms with E-state index in [0.29, 0.717) is 5.92 Å². The monoisotopic (exact) mass is 227 g/mol. The molecule has 94 valence electrons. The molecule has 0 radical (unpaired) electrons. The van der Waals surface area contributed by atoms with Gasteiger partial charge in [-0.1, -0.05) is 33.1 Å². The van der Waals surface area contributed by atoms with E-state index in [2.05, 4.69) is 9.98 Å². The van der Waals surface area contributed by atoms with Crippen LogP contribution in [0, 0.1) is 5.92 Å². The number of rotatable bonds is 2. The van der Waals surface area contributed by atoms with E-state index in [4.69, 9.17) is 17.2 Å². The van der Waals surface area contributed by atoms with E-state index in [1.807, 2.05) is 13.8 Å². The molecule has 5 nitrogen and oxygen atoms in total. The molecule has 1 rings (SSSR count). The number of hydrogen-bond acceptors (Lipinski definition) is 1. The van der Waals surface area contributed by atoms with E-state index in [1.54, 1.807) is 0 Å². The normalized spacial score (nSPS) is 17.2. The Hall–Kier alpha value is -1.26. The van der Waals surface area contributed by atoms with Gasteiger partial charge in [-0.2, -0.15) is 4.99 Å². The summed E-state index contributed by atoms with van der Waals surface area (Å²) in [6.45, 7) is 4.75. The number of nitrogens with zero attached hydrogens (tertiary/aromatic N) is 2. The van der Waals surface area contributed by atoms with Crippen LogP contribution < -0.4 is 17.2 Å². The lowest BCUT2D eigenvalue weighted by Gasteiger charge is -2.19. The molecule has 1 fully saturated rings. The lowest BCUT2D eigenvalue weighted by Crippen LogP contribution is -2.26. The standard InChI is InChI=1S/C9H19N5.C2H6/c10-8(11)14-9(12)13-6-7-4-2-1-3-5-7;1-2/h7H,1-6H2,(H6,10,11,12,13,14);1-2H3. The molecule has 0 bridgehead atoms. The van der Waals surface area contributed by atoms with Gasteiger partial charge in [0.05, 0.1) is 0 Å². The van der Waals surface area contributed by atoms with Crippen LogP contribution in [0.4, 0.5) is 0 Å². The van der Waals surface area contributed by atoms with Gasteiger partial charge in [0.15, 0.2) is 5.96 Å². The summed E-state index contributed by atoms with van der Waals surface area (Å²) < 4.78 is 0. The molecule has 0 saturated heterocycles. The Balaban J connectivity index is 0.00000106. The summed E-state index contributed by atoms with van der Waals surface area (Å²) in [5.74, 6) is 0.821. The molecule has 6 N–H and O–H groups in total. The van der Waals surface area contributed by atoms with Crippen molar-refractivity contribution in [2.75, 3.05) is 6.54 Å². The van der Waals surface area contributed by atoms with E-state index < -0.39 is 0 Å². The van der Waals surface area contributed by atoms with Crippen LogP contribution >= 0.6 is 0 Å². The molecule has 5 heteroatoms. The maximum Gasteiger partial charge on any atom is 0.218 e. The zero-order valence-corrected chi connectivity index (χ0v) is 10.4. The van der Waals surface area contributed by atoms with Crippen LogP contribution in [-0.4, -0.2) is 18.5 Å². The SMILES string of the molecule is CC.NC(N)=NC(N)=NCC1CCCCC1. The minimum absolute atomic E-state index is 0.0325. The fourth-order valence-electron chi connectivity index (χ4n) is 1.76. The van der Waals surface area contributed by atoms with Crippen molar-refractivity contribution < 1.29 is 0 Å². The molecule has 1 aliphatic carbocycles. The van der Waals surface area contributed by atoms with Gasteiger partial charge < -0.3 is 17.2 Å². The van der Waals surface area contributed by atoms with Crippen LogP contribution in [0.5, 0.6) is 0 Å². The maximum atomic E-state index is 5.49. The van der Waals surface area contributed by atoms with Crippen molar-refractivity contribution in [2.45, 2.75) is 46.0 Å². The van der Waals surface area contributed by atoms with E-state index >= 15 is 0 Å². The van der Waals surface area contributed by atoms with Gasteiger partial charge >= 0.3 is 0 Å². The molecule has 16 heavy (non-hydrogen) atoms. The summed E-state index contributed by atoms with van der Waals surface area (Å²) in [6.07, 6.45) is 6.46. The molecule has 1 saturated carbocycles. The molecule has 0 atom stereocenters. The van der Waals surface area contributed by atoms with E-state index in [-0.39, 0.29) is 11.9 Å². The number of aliphatic imine (C=N–C) groups is 2. The Morgan fingerprint density at radius 3 is 2.12 bits per heavy atom. The molecule has 0 aromatic carbocycles. The maximum absolute atomic E-state index is 5.49. The van der Waals surface area contributed by atoms with Gasteiger partial charge in [-0.15, -0.1) is 0 Å². The van der Waals surface area contributed by atoms with Crippen LogP contribution in [0.15, 0.2) is 9.98 Å². The highest BCUT2D eigenvalue weighted by atomic mass is 15.1. The molecule has 0 spiro atoms. The third-order valence-corrected chi connectivity index (χ3v) is 2.48. The molecule has 0 aliphatic heterocycles. The van der Waals surface area contributed by atoms with E-state index in [0.717, 1.165) is 6.54 Å². The topological polar surface area (TPSA) is 103 Å². The first-order valence-electron chi connectivity index (χ1n) is 6.08. The van der Waals surface area contributed by atoms with Crippen molar-refractivity contribution in [2.24, 2.45) is 33.1 Å². The van der Waals surface area contributed by atoms with E-state index in [1.165, 1.54) is 32.1 Å². The first-order chi connectivity index (χ1) is 7.68. The van der Waals surface area contributed by atoms with Crippen molar-refractivity contribution in [3.63, 3.8) is 0 Å². The van der Waals surface area contributed by atoms with Gasteiger partial charge in [-0.3, -0.25) is 4.99 Å². The predicted octanol–water partition coefficient (Wildman–Crippen LogP) is 1.18. The molecule has 0 aromatic heterocycles. The first kappa shape index (κ1) is 14.7. The fourth-order valence-corrected chi connectivity index (χ4v) is 1.76. The van der Waals surface area contributed by atoms with Crippen molar-refractivity contribution >= 4 is 11.9 Å². The van der Waals surface area contributed by atoms with Crippen LogP contribution in [0.3, 0.4) is 0 Å². The number of hydrogen-bond donors (Lipinski definition) is 3. The van der Waals surface area contributed by atoms with Gasteiger partial charge in [0, 0.05) is 6.54 Å². The van der Waals surface area contributed by atoms with Gasteiger partial charge in [0.1, 0.15) is 0 Å². The smallest absolute Gasteiger partial charge is 0.218 e. The zero-order valence-electron chi connectivity index (χ0n) is 10.4. The van der Waals surface area contributed by atoms with Gasteiger partial charge in [0.25, 0.3) is 0 Å². The van der Waals surface area contributed by atoms with Crippen LogP contribution in [0.25, 0.3) is 0 Å². The number of guanidine groups is 2. The summed E-state index contributed by atoms with van der Waals surface area (Å²) in [6, 6.07) is 0. The van der Waals surface area contributed by atoms with Gasteiger partial charge in [-0.25, -0.2) is 0 Å². The average molecular weight is 227 g/mol. The average Bonchev–Trinajstić information content (AvgIpc) is 2.30. The molecule has 0 aromatic rings. The fraction of sp³-hybridized carbons (Fsp3) is 0.818. The second-order valence-electron chi connectivity index (χ2n) is 3.74. The third-order valence-electron chi connectivity index (χ3n) is 2.48. The molecular weight excluding hydrogens is 202 g/mol. The summed E-state index contributed by atoms with van der Waals surface area (Å²) in [5.41, 5.74) is 15.8. The summed E-state index contributed by atoms with van der Waals surface area (Å²) in [7, 11) is 0. The Morgan fingerprint density at radius 2 is 1.62 bits per heavy atom. The van der Waals surface area contributed by atoms with Crippen molar-refractivity contribution in [1.82, 2.24) is 0 Å². The van der Waals surface area contributed by atoms with Gasteiger partial charge in [0.2, 0.25) is 5.96 Å².